The summed E-state index contributed by atoms with van der Waals surface area (Å²) in [5, 5.41) is 9.91. The maximum atomic E-state index is 12.4. The lowest BCUT2D eigenvalue weighted by Gasteiger charge is -2.08. The summed E-state index contributed by atoms with van der Waals surface area (Å²) in [7, 11) is 4.56. The van der Waals surface area contributed by atoms with E-state index in [1.165, 1.54) is 27.4 Å². The van der Waals surface area contributed by atoms with E-state index in [0.717, 1.165) is 5.56 Å². The van der Waals surface area contributed by atoms with Crippen molar-refractivity contribution in [3.8, 4) is 23.0 Å². The number of hydrogen-bond acceptors (Lipinski definition) is 5. The lowest BCUT2D eigenvalue weighted by molar-refractivity contribution is 0.104. The number of benzene rings is 2. The SMILES string of the molecule is COc1cc(OC)cc(C(=O)C=Cc2cc(C)c(OC)c(O)c2)c1. The molecule has 0 amide bonds. The predicted molar refractivity (Wildman–Crippen MR) is 92.3 cm³/mol. The number of phenols is 1. The number of hydrogen-bond donors (Lipinski definition) is 1. The van der Waals surface area contributed by atoms with Gasteiger partial charge in [-0.25, -0.2) is 0 Å². The van der Waals surface area contributed by atoms with E-state index in [-0.39, 0.29) is 11.5 Å². The summed E-state index contributed by atoms with van der Waals surface area (Å²) in [6.45, 7) is 1.82. The molecule has 0 aliphatic heterocycles. The van der Waals surface area contributed by atoms with Crippen molar-refractivity contribution in [2.75, 3.05) is 21.3 Å². The van der Waals surface area contributed by atoms with Gasteiger partial charge >= 0.3 is 0 Å². The zero-order valence-corrected chi connectivity index (χ0v) is 14.1. The van der Waals surface area contributed by atoms with E-state index in [9.17, 15) is 9.90 Å². The Balaban J connectivity index is 2.28. The molecular formula is C19H20O5. The molecule has 0 fully saturated rings. The van der Waals surface area contributed by atoms with E-state index >= 15 is 0 Å². The number of phenolic OH excluding ortho intramolecular Hbond substituents is 1. The molecule has 0 aliphatic rings. The minimum absolute atomic E-state index is 0.0349. The third-order valence-corrected chi connectivity index (χ3v) is 3.54. The van der Waals surface area contributed by atoms with Gasteiger partial charge in [-0.05, 0) is 48.4 Å². The van der Waals surface area contributed by atoms with Crippen LogP contribution in [0.5, 0.6) is 23.0 Å². The molecule has 0 heterocycles. The predicted octanol–water partition coefficient (Wildman–Crippen LogP) is 3.62. The quantitative estimate of drug-likeness (QED) is 0.648. The number of aromatic hydroxyl groups is 1. The standard InChI is InChI=1S/C19H20O5/c1-12-7-13(8-18(21)19(12)24-4)5-6-17(20)14-9-15(22-2)11-16(10-14)23-3/h5-11,21H,1-4H3. The van der Waals surface area contributed by atoms with Crippen molar-refractivity contribution in [2.24, 2.45) is 0 Å². The molecule has 1 N–H and O–H groups in total. The fraction of sp³-hybridized carbons (Fsp3) is 0.211. The van der Waals surface area contributed by atoms with Gasteiger partial charge in [0.1, 0.15) is 11.5 Å². The Hall–Kier alpha value is -2.95. The molecule has 5 heteroatoms. The van der Waals surface area contributed by atoms with Crippen LogP contribution in [-0.4, -0.2) is 32.2 Å². The fourth-order valence-corrected chi connectivity index (χ4v) is 2.36. The van der Waals surface area contributed by atoms with Gasteiger partial charge in [0.15, 0.2) is 17.3 Å². The van der Waals surface area contributed by atoms with Crippen LogP contribution >= 0.6 is 0 Å². The Labute approximate surface area is 141 Å². The van der Waals surface area contributed by atoms with Crippen LogP contribution in [0.2, 0.25) is 0 Å². The first-order chi connectivity index (χ1) is 11.5. The second-order valence-electron chi connectivity index (χ2n) is 5.19. The van der Waals surface area contributed by atoms with Crippen molar-refractivity contribution in [1.29, 1.82) is 0 Å². The summed E-state index contributed by atoms with van der Waals surface area (Å²) in [6, 6.07) is 8.36. The normalized spacial score (nSPS) is 10.7. The highest BCUT2D eigenvalue weighted by Crippen LogP contribution is 2.31. The molecule has 2 aromatic rings. The van der Waals surface area contributed by atoms with Gasteiger partial charge < -0.3 is 19.3 Å². The number of carbonyl (C=O) groups is 1. The molecule has 0 bridgehead atoms. The molecule has 0 saturated heterocycles. The third kappa shape index (κ3) is 3.87. The summed E-state index contributed by atoms with van der Waals surface area (Å²) >= 11 is 0. The molecule has 24 heavy (non-hydrogen) atoms. The van der Waals surface area contributed by atoms with Crippen LogP contribution in [0.15, 0.2) is 36.4 Å². The second-order valence-corrected chi connectivity index (χ2v) is 5.19. The number of methoxy groups -OCH3 is 3. The topological polar surface area (TPSA) is 65.0 Å². The summed E-state index contributed by atoms with van der Waals surface area (Å²) in [5.41, 5.74) is 1.94. The Morgan fingerprint density at radius 1 is 0.958 bits per heavy atom. The largest absolute Gasteiger partial charge is 0.504 e. The summed E-state index contributed by atoms with van der Waals surface area (Å²) in [5.74, 6) is 1.36. The highest BCUT2D eigenvalue weighted by atomic mass is 16.5. The minimum Gasteiger partial charge on any atom is -0.504 e. The van der Waals surface area contributed by atoms with E-state index < -0.39 is 0 Å². The number of ether oxygens (including phenoxy) is 3. The van der Waals surface area contributed by atoms with Crippen LogP contribution in [0.1, 0.15) is 21.5 Å². The Kier molecular flexibility index (Phi) is 5.47. The molecule has 2 aromatic carbocycles. The number of rotatable bonds is 6. The molecule has 0 saturated carbocycles. The van der Waals surface area contributed by atoms with Gasteiger partial charge in [-0.15, -0.1) is 0 Å². The maximum absolute atomic E-state index is 12.4. The summed E-state index contributed by atoms with van der Waals surface area (Å²) in [6.07, 6.45) is 3.08. The van der Waals surface area contributed by atoms with Gasteiger partial charge in [-0.2, -0.15) is 0 Å². The van der Waals surface area contributed by atoms with Crippen LogP contribution in [0.4, 0.5) is 0 Å². The molecule has 0 spiro atoms. The van der Waals surface area contributed by atoms with Gasteiger partial charge in [-0.3, -0.25) is 4.79 Å². The average Bonchev–Trinajstić information content (AvgIpc) is 2.58. The molecule has 2 rings (SSSR count). The number of ketones is 1. The smallest absolute Gasteiger partial charge is 0.186 e. The highest BCUT2D eigenvalue weighted by Gasteiger charge is 2.09. The summed E-state index contributed by atoms with van der Waals surface area (Å²) < 4.78 is 15.4. The molecule has 0 atom stereocenters. The van der Waals surface area contributed by atoms with Crippen molar-refractivity contribution in [3.05, 3.63) is 53.1 Å². The van der Waals surface area contributed by atoms with E-state index in [1.54, 1.807) is 30.3 Å². The lowest BCUT2D eigenvalue weighted by Crippen LogP contribution is -1.97. The van der Waals surface area contributed by atoms with E-state index in [2.05, 4.69) is 0 Å². The fourth-order valence-electron chi connectivity index (χ4n) is 2.36. The summed E-state index contributed by atoms with van der Waals surface area (Å²) in [4.78, 5) is 12.4. The van der Waals surface area contributed by atoms with E-state index in [4.69, 9.17) is 14.2 Å². The highest BCUT2D eigenvalue weighted by molar-refractivity contribution is 6.07. The van der Waals surface area contributed by atoms with Crippen molar-refractivity contribution in [2.45, 2.75) is 6.92 Å². The monoisotopic (exact) mass is 328 g/mol. The third-order valence-electron chi connectivity index (χ3n) is 3.54. The van der Waals surface area contributed by atoms with Gasteiger partial charge in [-0.1, -0.05) is 6.08 Å². The first-order valence-corrected chi connectivity index (χ1v) is 7.31. The average molecular weight is 328 g/mol. The number of allylic oxidation sites excluding steroid dienone is 1. The number of aryl methyl sites for hydroxylation is 1. The first kappa shape index (κ1) is 17.4. The molecule has 0 radical (unpaired) electrons. The molecule has 0 unspecified atom stereocenters. The van der Waals surface area contributed by atoms with Gasteiger partial charge in [0.05, 0.1) is 21.3 Å². The zero-order chi connectivity index (χ0) is 17.7. The lowest BCUT2D eigenvalue weighted by atomic mass is 10.1. The first-order valence-electron chi connectivity index (χ1n) is 7.31. The van der Waals surface area contributed by atoms with E-state index in [0.29, 0.717) is 28.4 Å². The van der Waals surface area contributed by atoms with Crippen LogP contribution in [-0.2, 0) is 0 Å². The van der Waals surface area contributed by atoms with Gasteiger partial charge in [0.25, 0.3) is 0 Å². The Morgan fingerprint density at radius 3 is 2.08 bits per heavy atom. The minimum atomic E-state index is -0.194. The van der Waals surface area contributed by atoms with Crippen LogP contribution in [0.3, 0.4) is 0 Å². The molecule has 126 valence electrons. The van der Waals surface area contributed by atoms with Crippen molar-refractivity contribution in [1.82, 2.24) is 0 Å². The van der Waals surface area contributed by atoms with Crippen molar-refractivity contribution < 1.29 is 24.1 Å². The Bertz CT molecular complexity index is 732. The second kappa shape index (κ2) is 7.55. The molecule has 0 aromatic heterocycles. The van der Waals surface area contributed by atoms with Crippen LogP contribution in [0.25, 0.3) is 6.08 Å². The maximum Gasteiger partial charge on any atom is 0.186 e. The van der Waals surface area contributed by atoms with Crippen molar-refractivity contribution >= 4 is 11.9 Å². The number of carbonyl (C=O) groups excluding carboxylic acids is 1. The van der Waals surface area contributed by atoms with Gasteiger partial charge in [0.2, 0.25) is 0 Å². The van der Waals surface area contributed by atoms with Crippen molar-refractivity contribution in [3.63, 3.8) is 0 Å². The van der Waals surface area contributed by atoms with Crippen LogP contribution in [0, 0.1) is 6.92 Å². The molecule has 0 aliphatic carbocycles. The van der Waals surface area contributed by atoms with E-state index in [1.807, 2.05) is 13.0 Å². The van der Waals surface area contributed by atoms with Crippen LogP contribution < -0.4 is 14.2 Å². The Morgan fingerprint density at radius 2 is 1.58 bits per heavy atom. The van der Waals surface area contributed by atoms with Gasteiger partial charge in [0, 0.05) is 11.6 Å². The zero-order valence-electron chi connectivity index (χ0n) is 14.1. The molecule has 5 nitrogen and oxygen atoms in total. The molecular weight excluding hydrogens is 308 g/mol.